The molecule has 0 bridgehead atoms. The van der Waals surface area contributed by atoms with Gasteiger partial charge < -0.3 is 35.6 Å². The first-order chi connectivity index (χ1) is 19.4. The second-order valence-electron chi connectivity index (χ2n) is 10.4. The van der Waals surface area contributed by atoms with Crippen LogP contribution >= 0.6 is 23.2 Å². The molecule has 4 rings (SSSR count). The first-order valence-corrected chi connectivity index (χ1v) is 13.7. The molecule has 1 saturated heterocycles. The number of halogens is 2. The number of aromatic nitrogens is 3. The van der Waals surface area contributed by atoms with Gasteiger partial charge in [0.25, 0.3) is 0 Å². The Morgan fingerprint density at radius 1 is 1.15 bits per heavy atom. The van der Waals surface area contributed by atoms with Crippen LogP contribution in [0.4, 0.5) is 34.6 Å². The highest BCUT2D eigenvalue weighted by atomic mass is 35.5. The first-order valence-electron chi connectivity index (χ1n) is 12.9. The van der Waals surface area contributed by atoms with Gasteiger partial charge in [-0.3, -0.25) is 4.79 Å². The van der Waals surface area contributed by atoms with Crippen molar-refractivity contribution >= 4 is 63.8 Å². The molecule has 1 atom stereocenters. The minimum Gasteiger partial charge on any atom is -0.494 e. The van der Waals surface area contributed by atoms with Gasteiger partial charge in [0.15, 0.2) is 0 Å². The smallest absolute Gasteiger partial charge is 0.247 e. The van der Waals surface area contributed by atoms with Crippen molar-refractivity contribution in [3.63, 3.8) is 0 Å². The van der Waals surface area contributed by atoms with E-state index in [9.17, 15) is 9.90 Å². The number of amides is 1. The molecule has 1 aromatic heterocycles. The average Bonchev–Trinajstić information content (AvgIpc) is 2.89. The molecule has 1 aliphatic heterocycles. The Kier molecular flexibility index (Phi) is 9.23. The summed E-state index contributed by atoms with van der Waals surface area (Å²) < 4.78 is 5.71. The maximum absolute atomic E-state index is 12.3. The molecule has 1 unspecified atom stereocenters. The van der Waals surface area contributed by atoms with Gasteiger partial charge >= 0.3 is 0 Å². The Labute approximate surface area is 249 Å². The molecule has 13 heteroatoms. The van der Waals surface area contributed by atoms with E-state index >= 15 is 0 Å². The molecule has 11 nitrogen and oxygen atoms in total. The van der Waals surface area contributed by atoms with Gasteiger partial charge in [-0.25, -0.2) is 9.97 Å². The zero-order valence-corrected chi connectivity index (χ0v) is 25.1. The minimum absolute atomic E-state index is 0.203. The van der Waals surface area contributed by atoms with Crippen molar-refractivity contribution in [1.82, 2.24) is 19.9 Å². The number of nitrogens with one attached hydrogen (secondary N) is 3. The van der Waals surface area contributed by atoms with E-state index in [1.54, 1.807) is 39.2 Å². The molecule has 0 aliphatic carbocycles. The van der Waals surface area contributed by atoms with Gasteiger partial charge in [-0.05, 0) is 58.6 Å². The summed E-state index contributed by atoms with van der Waals surface area (Å²) in [7, 11) is 5.65. The molecule has 3 aromatic rings. The number of nitrogens with zero attached hydrogens (tertiary/aromatic N) is 5. The van der Waals surface area contributed by atoms with Crippen LogP contribution in [0.5, 0.6) is 5.75 Å². The van der Waals surface area contributed by atoms with Crippen LogP contribution in [0, 0.1) is 0 Å². The fourth-order valence-corrected chi connectivity index (χ4v) is 4.87. The number of rotatable bonds is 11. The Morgan fingerprint density at radius 2 is 1.80 bits per heavy atom. The van der Waals surface area contributed by atoms with Crippen molar-refractivity contribution in [3.8, 4) is 5.75 Å². The molecule has 0 spiro atoms. The van der Waals surface area contributed by atoms with Crippen molar-refractivity contribution in [1.29, 1.82) is 0 Å². The van der Waals surface area contributed by atoms with Crippen LogP contribution < -0.4 is 25.6 Å². The number of anilines is 6. The summed E-state index contributed by atoms with van der Waals surface area (Å²) >= 11 is 12.4. The number of carbonyl (C=O) groups is 1. The molecule has 2 aromatic carbocycles. The Hall–Kier alpha value is -3.64. The van der Waals surface area contributed by atoms with Crippen LogP contribution in [0.3, 0.4) is 0 Å². The van der Waals surface area contributed by atoms with Gasteiger partial charge in [0, 0.05) is 36.4 Å². The van der Waals surface area contributed by atoms with Gasteiger partial charge in [-0.2, -0.15) is 4.98 Å². The van der Waals surface area contributed by atoms with Gasteiger partial charge in [-0.15, -0.1) is 0 Å². The number of methoxy groups -OCH3 is 1. The lowest BCUT2D eigenvalue weighted by Gasteiger charge is -2.45. The summed E-state index contributed by atoms with van der Waals surface area (Å²) in [5.74, 6) is 0.627. The second kappa shape index (κ2) is 12.5. The van der Waals surface area contributed by atoms with Gasteiger partial charge in [0.2, 0.25) is 17.8 Å². The van der Waals surface area contributed by atoms with E-state index in [2.05, 4.69) is 47.3 Å². The summed E-state index contributed by atoms with van der Waals surface area (Å²) in [4.78, 5) is 29.6. The maximum atomic E-state index is 12.3. The topological polar surface area (TPSA) is 128 Å². The average molecular weight is 602 g/mol. The number of likely N-dealkylation sites (N-methyl/N-ethyl adjacent to an activating group) is 1. The van der Waals surface area contributed by atoms with Crippen LogP contribution in [0.1, 0.15) is 25.8 Å². The molecular weight excluding hydrogens is 567 g/mol. The fraction of sp³-hybridized carbons (Fsp3) is 0.357. The Morgan fingerprint density at radius 3 is 2.37 bits per heavy atom. The van der Waals surface area contributed by atoms with Crippen LogP contribution in [-0.2, 0) is 10.4 Å². The minimum atomic E-state index is -1.21. The lowest BCUT2D eigenvalue weighted by atomic mass is 9.96. The predicted octanol–water partition coefficient (Wildman–Crippen LogP) is 5.17. The first kappa shape index (κ1) is 30.3. The van der Waals surface area contributed by atoms with Crippen molar-refractivity contribution in [2.24, 2.45) is 0 Å². The predicted molar refractivity (Wildman–Crippen MR) is 164 cm³/mol. The molecule has 218 valence electrons. The van der Waals surface area contributed by atoms with E-state index < -0.39 is 5.60 Å². The summed E-state index contributed by atoms with van der Waals surface area (Å²) in [6.45, 7) is 8.60. The van der Waals surface area contributed by atoms with Crippen molar-refractivity contribution in [2.45, 2.75) is 31.9 Å². The summed E-state index contributed by atoms with van der Waals surface area (Å²) in [5, 5.41) is 20.4. The summed E-state index contributed by atoms with van der Waals surface area (Å²) in [5.41, 5.74) is 1.76. The highest BCUT2D eigenvalue weighted by Crippen LogP contribution is 2.41. The number of hydrogen-bond acceptors (Lipinski definition) is 10. The molecule has 0 radical (unpaired) electrons. The Balaban J connectivity index is 1.66. The van der Waals surface area contributed by atoms with Crippen molar-refractivity contribution in [2.75, 3.05) is 55.1 Å². The van der Waals surface area contributed by atoms with E-state index in [-0.39, 0.29) is 17.8 Å². The fourth-order valence-electron chi connectivity index (χ4n) is 4.54. The summed E-state index contributed by atoms with van der Waals surface area (Å²) in [6.07, 6.45) is 3.61. The van der Waals surface area contributed by atoms with Gasteiger partial charge in [0.1, 0.15) is 12.1 Å². The highest BCUT2D eigenvalue weighted by molar-refractivity contribution is 6.42. The van der Waals surface area contributed by atoms with Gasteiger partial charge in [0.05, 0.1) is 39.8 Å². The van der Waals surface area contributed by atoms with E-state index in [4.69, 9.17) is 27.9 Å². The molecule has 0 saturated carbocycles. The standard InChI is InChI=1S/C28H34Cl2N8O3/c1-7-25(39)33-21-12-22(24(41-6)13-23(21)38-9-8-16(38)14-37(4)5)35-27-32-15-31-26(36-27)34-20-11-19(30)18(29)10-17(20)28(2,3)40/h7,10-13,15-16,40H,1,8-9,14H2,2-6H3,(H,33,39)(H2,31,32,34,35,36). The quantitative estimate of drug-likeness (QED) is 0.219. The zero-order valence-electron chi connectivity index (χ0n) is 23.6. The van der Waals surface area contributed by atoms with Gasteiger partial charge in [-0.1, -0.05) is 29.8 Å². The van der Waals surface area contributed by atoms with E-state index in [1.807, 2.05) is 20.2 Å². The van der Waals surface area contributed by atoms with Crippen molar-refractivity contribution < 1.29 is 14.6 Å². The third-order valence-corrected chi connectivity index (χ3v) is 7.30. The SMILES string of the molecule is C=CC(=O)Nc1cc(Nc2ncnc(Nc3cc(Cl)c(Cl)cc3C(C)(C)O)n2)c(OC)cc1N1CCC1CN(C)C. The number of aliphatic hydroxyl groups is 1. The number of carbonyl (C=O) groups excluding carboxylic acids is 1. The van der Waals surface area contributed by atoms with E-state index in [0.29, 0.717) is 44.5 Å². The lowest BCUT2D eigenvalue weighted by Crippen LogP contribution is -2.53. The molecule has 41 heavy (non-hydrogen) atoms. The zero-order chi connectivity index (χ0) is 29.9. The molecule has 4 N–H and O–H groups in total. The van der Waals surface area contributed by atoms with Crippen LogP contribution in [0.2, 0.25) is 10.0 Å². The van der Waals surface area contributed by atoms with Crippen LogP contribution in [-0.4, -0.2) is 71.2 Å². The number of benzene rings is 2. The van der Waals surface area contributed by atoms with E-state index in [0.717, 1.165) is 25.2 Å². The third-order valence-electron chi connectivity index (χ3n) is 6.57. The normalized spacial score (nSPS) is 14.9. The summed E-state index contributed by atoms with van der Waals surface area (Å²) in [6, 6.07) is 7.17. The van der Waals surface area contributed by atoms with Crippen LogP contribution in [0.15, 0.2) is 43.2 Å². The second-order valence-corrected chi connectivity index (χ2v) is 11.2. The number of ether oxygens (including phenoxy) is 1. The number of hydrogen-bond donors (Lipinski definition) is 4. The molecule has 2 heterocycles. The maximum Gasteiger partial charge on any atom is 0.247 e. The van der Waals surface area contributed by atoms with Crippen LogP contribution in [0.25, 0.3) is 0 Å². The molecule has 1 aliphatic rings. The van der Waals surface area contributed by atoms with E-state index in [1.165, 1.54) is 12.4 Å². The lowest BCUT2D eigenvalue weighted by molar-refractivity contribution is -0.111. The highest BCUT2D eigenvalue weighted by Gasteiger charge is 2.31. The third kappa shape index (κ3) is 7.17. The monoisotopic (exact) mass is 600 g/mol. The Bertz CT molecular complexity index is 1440. The largest absolute Gasteiger partial charge is 0.494 e. The molecule has 1 amide bonds. The molecule has 1 fully saturated rings. The molecular formula is C28H34Cl2N8O3. The van der Waals surface area contributed by atoms with Crippen molar-refractivity contribution in [3.05, 3.63) is 58.9 Å².